The minimum absolute atomic E-state index is 0. The molecule has 25 heavy (non-hydrogen) atoms. The molecule has 2 rings (SSSR count). The number of rotatable bonds is 7. The minimum Gasteiger partial charge on any atom is -0.379 e. The van der Waals surface area contributed by atoms with Crippen molar-refractivity contribution in [2.45, 2.75) is 32.7 Å². The molecule has 0 bridgehead atoms. The number of halogens is 1. The molecule has 0 saturated carbocycles. The fraction of sp³-hybridized carbons (Fsp3) is 0.833. The van der Waals surface area contributed by atoms with Crippen molar-refractivity contribution in [2.75, 3.05) is 59.7 Å². The van der Waals surface area contributed by atoms with Crippen LogP contribution in [0.1, 0.15) is 26.7 Å². The molecule has 7 heteroatoms. The Balaban J connectivity index is 0.00000312. The van der Waals surface area contributed by atoms with Gasteiger partial charge in [-0.25, -0.2) is 0 Å². The average Bonchev–Trinajstić information content (AvgIpc) is 2.62. The average molecular weight is 466 g/mol. The van der Waals surface area contributed by atoms with E-state index in [0.29, 0.717) is 12.0 Å². The zero-order valence-corrected chi connectivity index (χ0v) is 18.3. The van der Waals surface area contributed by atoms with E-state index < -0.39 is 0 Å². The van der Waals surface area contributed by atoms with Gasteiger partial charge in [-0.2, -0.15) is 0 Å². The van der Waals surface area contributed by atoms with E-state index in [4.69, 9.17) is 9.47 Å². The molecule has 0 aromatic carbocycles. The second kappa shape index (κ2) is 12.9. The SMILES string of the molecule is CN=C(NCCC1=CCOCC1)NCC(C(C)C)N1CCOCC1.I. The summed E-state index contributed by atoms with van der Waals surface area (Å²) in [6.45, 7) is 11.7. The predicted octanol–water partition coefficient (Wildman–Crippen LogP) is 1.86. The fourth-order valence-electron chi connectivity index (χ4n) is 3.25. The van der Waals surface area contributed by atoms with Gasteiger partial charge in [-0.3, -0.25) is 9.89 Å². The number of hydrogen-bond donors (Lipinski definition) is 2. The largest absolute Gasteiger partial charge is 0.379 e. The lowest BCUT2D eigenvalue weighted by Crippen LogP contribution is -2.52. The molecule has 0 radical (unpaired) electrons. The Morgan fingerprint density at radius 2 is 1.96 bits per heavy atom. The molecule has 1 saturated heterocycles. The van der Waals surface area contributed by atoms with Gasteiger partial charge in [-0.05, 0) is 18.8 Å². The van der Waals surface area contributed by atoms with Crippen molar-refractivity contribution < 1.29 is 9.47 Å². The third-order valence-corrected chi connectivity index (χ3v) is 4.78. The maximum Gasteiger partial charge on any atom is 0.191 e. The second-order valence-corrected chi connectivity index (χ2v) is 6.78. The summed E-state index contributed by atoms with van der Waals surface area (Å²) in [6, 6.07) is 0.505. The van der Waals surface area contributed by atoms with Crippen LogP contribution in [0.3, 0.4) is 0 Å². The number of ether oxygens (including phenoxy) is 2. The topological polar surface area (TPSA) is 58.1 Å². The molecule has 146 valence electrons. The zero-order chi connectivity index (χ0) is 17.2. The summed E-state index contributed by atoms with van der Waals surface area (Å²) in [5, 5.41) is 6.93. The standard InChI is InChI=1S/C18H34N4O2.HI/c1-15(2)17(22-8-12-24-13-9-22)14-21-18(19-3)20-7-4-16-5-10-23-11-6-16;/h5,15,17H,4,6-14H2,1-3H3,(H2,19,20,21);1H. The van der Waals surface area contributed by atoms with E-state index in [-0.39, 0.29) is 24.0 Å². The smallest absolute Gasteiger partial charge is 0.191 e. The van der Waals surface area contributed by atoms with Gasteiger partial charge in [0.15, 0.2) is 5.96 Å². The van der Waals surface area contributed by atoms with Crippen LogP contribution in [0.2, 0.25) is 0 Å². The first kappa shape index (κ1) is 22.7. The summed E-state index contributed by atoms with van der Waals surface area (Å²) in [5.74, 6) is 1.49. The lowest BCUT2D eigenvalue weighted by atomic mass is 10.0. The highest BCUT2D eigenvalue weighted by Gasteiger charge is 2.23. The summed E-state index contributed by atoms with van der Waals surface area (Å²) in [7, 11) is 1.84. The molecule has 0 aromatic rings. The number of morpholine rings is 1. The van der Waals surface area contributed by atoms with Crippen molar-refractivity contribution in [1.29, 1.82) is 0 Å². The fourth-order valence-corrected chi connectivity index (χ4v) is 3.25. The molecule has 2 aliphatic rings. The Hall–Kier alpha value is -0.380. The first-order chi connectivity index (χ1) is 11.7. The van der Waals surface area contributed by atoms with Crippen LogP contribution in [-0.4, -0.2) is 76.6 Å². The van der Waals surface area contributed by atoms with Gasteiger partial charge in [0.05, 0.1) is 26.4 Å². The number of hydrogen-bond acceptors (Lipinski definition) is 4. The Labute approximate surface area is 169 Å². The Morgan fingerprint density at radius 1 is 1.20 bits per heavy atom. The Bertz CT molecular complexity index is 423. The van der Waals surface area contributed by atoms with Crippen molar-refractivity contribution >= 4 is 29.9 Å². The maximum atomic E-state index is 5.47. The molecular weight excluding hydrogens is 431 g/mol. The zero-order valence-electron chi connectivity index (χ0n) is 15.9. The van der Waals surface area contributed by atoms with E-state index in [9.17, 15) is 0 Å². The quantitative estimate of drug-likeness (QED) is 0.260. The van der Waals surface area contributed by atoms with E-state index in [2.05, 4.69) is 40.4 Å². The molecule has 0 amide bonds. The van der Waals surface area contributed by atoms with Crippen molar-refractivity contribution in [3.8, 4) is 0 Å². The van der Waals surface area contributed by atoms with Crippen LogP contribution in [0, 0.1) is 5.92 Å². The first-order valence-electron chi connectivity index (χ1n) is 9.22. The highest BCUT2D eigenvalue weighted by molar-refractivity contribution is 14.0. The Kier molecular flexibility index (Phi) is 11.7. The Morgan fingerprint density at radius 3 is 2.56 bits per heavy atom. The summed E-state index contributed by atoms with van der Waals surface area (Å²) < 4.78 is 10.8. The lowest BCUT2D eigenvalue weighted by Gasteiger charge is -2.37. The third kappa shape index (κ3) is 8.23. The molecule has 0 spiro atoms. The highest BCUT2D eigenvalue weighted by atomic mass is 127. The molecule has 0 aromatic heterocycles. The van der Waals surface area contributed by atoms with Crippen LogP contribution in [0.15, 0.2) is 16.6 Å². The normalized spacial score (nSPS) is 20.6. The van der Waals surface area contributed by atoms with Gasteiger partial charge in [0.25, 0.3) is 0 Å². The van der Waals surface area contributed by atoms with Crippen molar-refractivity contribution in [3.05, 3.63) is 11.6 Å². The van der Waals surface area contributed by atoms with Gasteiger partial charge in [-0.1, -0.05) is 25.5 Å². The molecule has 1 fully saturated rings. The van der Waals surface area contributed by atoms with Crippen molar-refractivity contribution in [3.63, 3.8) is 0 Å². The predicted molar refractivity (Wildman–Crippen MR) is 114 cm³/mol. The summed E-state index contributed by atoms with van der Waals surface area (Å²) in [6.07, 6.45) is 4.32. The first-order valence-corrected chi connectivity index (χ1v) is 9.22. The minimum atomic E-state index is 0. The van der Waals surface area contributed by atoms with Crippen molar-refractivity contribution in [1.82, 2.24) is 15.5 Å². The van der Waals surface area contributed by atoms with Gasteiger partial charge in [-0.15, -0.1) is 24.0 Å². The summed E-state index contributed by atoms with van der Waals surface area (Å²) in [4.78, 5) is 6.88. The number of nitrogens with zero attached hydrogens (tertiary/aromatic N) is 2. The van der Waals surface area contributed by atoms with Gasteiger partial charge in [0.1, 0.15) is 0 Å². The van der Waals surface area contributed by atoms with Crippen LogP contribution in [0.5, 0.6) is 0 Å². The molecule has 2 N–H and O–H groups in total. The second-order valence-electron chi connectivity index (χ2n) is 6.78. The van der Waals surface area contributed by atoms with Crippen LogP contribution in [0.4, 0.5) is 0 Å². The van der Waals surface area contributed by atoms with E-state index in [0.717, 1.165) is 71.4 Å². The number of guanidine groups is 1. The molecule has 2 aliphatic heterocycles. The molecule has 2 heterocycles. The van der Waals surface area contributed by atoms with Gasteiger partial charge < -0.3 is 20.1 Å². The van der Waals surface area contributed by atoms with Crippen LogP contribution in [0.25, 0.3) is 0 Å². The molecule has 6 nitrogen and oxygen atoms in total. The van der Waals surface area contributed by atoms with Gasteiger partial charge in [0.2, 0.25) is 0 Å². The van der Waals surface area contributed by atoms with Gasteiger partial charge in [0, 0.05) is 39.3 Å². The molecule has 0 aliphatic carbocycles. The van der Waals surface area contributed by atoms with Gasteiger partial charge >= 0.3 is 0 Å². The molecule has 1 unspecified atom stereocenters. The van der Waals surface area contributed by atoms with E-state index in [1.54, 1.807) is 0 Å². The monoisotopic (exact) mass is 466 g/mol. The summed E-state index contributed by atoms with van der Waals surface area (Å²) >= 11 is 0. The van der Waals surface area contributed by atoms with E-state index in [1.807, 2.05) is 7.05 Å². The number of nitrogens with one attached hydrogen (secondary N) is 2. The number of aliphatic imine (C=N–C) groups is 1. The molecule has 1 atom stereocenters. The highest BCUT2D eigenvalue weighted by Crippen LogP contribution is 2.12. The summed E-state index contributed by atoms with van der Waals surface area (Å²) in [5.41, 5.74) is 1.48. The van der Waals surface area contributed by atoms with Crippen LogP contribution >= 0.6 is 24.0 Å². The molecular formula is C18H35IN4O2. The third-order valence-electron chi connectivity index (χ3n) is 4.78. The van der Waals surface area contributed by atoms with E-state index >= 15 is 0 Å². The van der Waals surface area contributed by atoms with Crippen LogP contribution < -0.4 is 10.6 Å². The lowest BCUT2D eigenvalue weighted by molar-refractivity contribution is 0.00752. The van der Waals surface area contributed by atoms with Crippen LogP contribution in [-0.2, 0) is 9.47 Å². The van der Waals surface area contributed by atoms with E-state index in [1.165, 1.54) is 5.57 Å². The van der Waals surface area contributed by atoms with Crippen molar-refractivity contribution in [2.24, 2.45) is 10.9 Å². The maximum absolute atomic E-state index is 5.47.